The smallest absolute Gasteiger partial charge is 0.155 e. The maximum absolute atomic E-state index is 11.3. The van der Waals surface area contributed by atoms with Gasteiger partial charge < -0.3 is 10.2 Å². The van der Waals surface area contributed by atoms with Gasteiger partial charge in [-0.1, -0.05) is 0 Å². The molecule has 0 spiro atoms. The van der Waals surface area contributed by atoms with Crippen LogP contribution in [0.1, 0.15) is 27.7 Å². The lowest BCUT2D eigenvalue weighted by molar-refractivity contribution is 0.0976. The Hall–Kier alpha value is -0.130. The van der Waals surface area contributed by atoms with Gasteiger partial charge in [-0.2, -0.15) is 0 Å². The van der Waals surface area contributed by atoms with Crippen LogP contribution in [0.15, 0.2) is 0 Å². The molecular weight excluding hydrogens is 192 g/mol. The number of rotatable bonds is 4. The Labute approximate surface area is 79.5 Å². The van der Waals surface area contributed by atoms with E-state index >= 15 is 0 Å². The van der Waals surface area contributed by atoms with Gasteiger partial charge in [0.15, 0.2) is 9.84 Å². The molecule has 0 aliphatic heterocycles. The molecular formula is C8H18O4S. The highest BCUT2D eigenvalue weighted by atomic mass is 32.2. The van der Waals surface area contributed by atoms with Gasteiger partial charge in [0.1, 0.15) is 0 Å². The van der Waals surface area contributed by atoms with Gasteiger partial charge in [0.2, 0.25) is 0 Å². The van der Waals surface area contributed by atoms with Crippen LogP contribution in [-0.2, 0) is 9.84 Å². The normalized spacial score (nSPS) is 14.6. The molecule has 0 rings (SSSR count). The molecule has 80 valence electrons. The molecule has 0 aliphatic carbocycles. The summed E-state index contributed by atoms with van der Waals surface area (Å²) in [5.41, 5.74) is -2.49. The van der Waals surface area contributed by atoms with Crippen molar-refractivity contribution in [2.45, 2.75) is 38.9 Å². The molecule has 0 aliphatic rings. The maximum Gasteiger partial charge on any atom is 0.155 e. The molecule has 0 aromatic rings. The first-order valence-corrected chi connectivity index (χ1v) is 5.89. The molecule has 0 amide bonds. The molecule has 0 atom stereocenters. The summed E-state index contributed by atoms with van der Waals surface area (Å²) in [4.78, 5) is 0. The highest BCUT2D eigenvalue weighted by molar-refractivity contribution is 7.91. The van der Waals surface area contributed by atoms with Crippen molar-refractivity contribution in [2.24, 2.45) is 0 Å². The minimum Gasteiger partial charge on any atom is -0.389 e. The summed E-state index contributed by atoms with van der Waals surface area (Å²) < 4.78 is 22.7. The summed E-state index contributed by atoms with van der Waals surface area (Å²) in [5.74, 6) is -0.659. The largest absolute Gasteiger partial charge is 0.389 e. The average Bonchev–Trinajstić information content (AvgIpc) is 1.43. The minimum atomic E-state index is -3.40. The zero-order valence-electron chi connectivity index (χ0n) is 8.53. The first-order valence-electron chi connectivity index (χ1n) is 4.07. The predicted molar refractivity (Wildman–Crippen MR) is 51.2 cm³/mol. The van der Waals surface area contributed by atoms with Gasteiger partial charge in [0, 0.05) is 0 Å². The van der Waals surface area contributed by atoms with Crippen LogP contribution in [-0.4, -0.2) is 41.3 Å². The quantitative estimate of drug-likeness (QED) is 0.682. The first-order chi connectivity index (χ1) is 5.41. The summed E-state index contributed by atoms with van der Waals surface area (Å²) in [6.07, 6.45) is 0. The fourth-order valence-electron chi connectivity index (χ4n) is 1.13. The van der Waals surface area contributed by atoms with Crippen LogP contribution in [0.2, 0.25) is 0 Å². The third-order valence-electron chi connectivity index (χ3n) is 1.15. The third kappa shape index (κ3) is 8.21. The predicted octanol–water partition coefficient (Wildman–Crippen LogP) is -0.0570. The van der Waals surface area contributed by atoms with E-state index in [-0.39, 0.29) is 11.5 Å². The minimum absolute atomic E-state index is 0.329. The first kappa shape index (κ1) is 12.9. The van der Waals surface area contributed by atoms with Gasteiger partial charge in [-0.15, -0.1) is 0 Å². The highest BCUT2D eigenvalue weighted by Crippen LogP contribution is 2.12. The van der Waals surface area contributed by atoms with E-state index in [0.717, 1.165) is 0 Å². The summed E-state index contributed by atoms with van der Waals surface area (Å²) in [5, 5.41) is 18.6. The number of aliphatic hydroxyl groups is 2. The van der Waals surface area contributed by atoms with Crippen molar-refractivity contribution in [3.8, 4) is 0 Å². The molecule has 0 fully saturated rings. The summed E-state index contributed by atoms with van der Waals surface area (Å²) >= 11 is 0. The zero-order valence-corrected chi connectivity index (χ0v) is 9.35. The Morgan fingerprint density at radius 1 is 0.923 bits per heavy atom. The van der Waals surface area contributed by atoms with Crippen molar-refractivity contribution in [1.29, 1.82) is 0 Å². The molecule has 0 saturated carbocycles. The summed E-state index contributed by atoms with van der Waals surface area (Å²) in [7, 11) is -3.40. The number of hydrogen-bond acceptors (Lipinski definition) is 4. The van der Waals surface area contributed by atoms with Crippen LogP contribution in [0.5, 0.6) is 0 Å². The molecule has 0 radical (unpaired) electrons. The molecule has 0 aromatic heterocycles. The monoisotopic (exact) mass is 210 g/mol. The highest BCUT2D eigenvalue weighted by Gasteiger charge is 2.28. The van der Waals surface area contributed by atoms with E-state index in [2.05, 4.69) is 0 Å². The van der Waals surface area contributed by atoms with Crippen molar-refractivity contribution >= 4 is 9.84 Å². The lowest BCUT2D eigenvalue weighted by Crippen LogP contribution is -2.37. The lowest BCUT2D eigenvalue weighted by atomic mass is 10.2. The molecule has 0 saturated heterocycles. The van der Waals surface area contributed by atoms with E-state index in [1.807, 2.05) is 0 Å². The van der Waals surface area contributed by atoms with Crippen molar-refractivity contribution in [2.75, 3.05) is 11.5 Å². The molecule has 0 unspecified atom stereocenters. The van der Waals surface area contributed by atoms with Gasteiger partial charge in [-0.25, -0.2) is 8.42 Å². The third-order valence-corrected chi connectivity index (χ3v) is 3.44. The average molecular weight is 210 g/mol. The topological polar surface area (TPSA) is 74.6 Å². The van der Waals surface area contributed by atoms with E-state index < -0.39 is 21.0 Å². The van der Waals surface area contributed by atoms with Crippen LogP contribution in [0.25, 0.3) is 0 Å². The standard InChI is InChI=1S/C8H18O4S/c1-7(2,9)5-13(11,12)6-8(3,4)10/h9-10H,5-6H2,1-4H3. The van der Waals surface area contributed by atoms with Crippen LogP contribution in [0, 0.1) is 0 Å². The van der Waals surface area contributed by atoms with Crippen molar-refractivity contribution in [3.63, 3.8) is 0 Å². The van der Waals surface area contributed by atoms with Crippen LogP contribution < -0.4 is 0 Å². The Balaban J connectivity index is 4.46. The summed E-state index contributed by atoms with van der Waals surface area (Å²) in [6, 6.07) is 0. The molecule has 2 N–H and O–H groups in total. The van der Waals surface area contributed by atoms with Gasteiger partial charge >= 0.3 is 0 Å². The van der Waals surface area contributed by atoms with Crippen molar-refractivity contribution in [1.82, 2.24) is 0 Å². The fourth-order valence-corrected chi connectivity index (χ4v) is 3.38. The Kier molecular flexibility index (Phi) is 3.52. The molecule has 5 heteroatoms. The van der Waals surface area contributed by atoms with Gasteiger partial charge in [-0.3, -0.25) is 0 Å². The van der Waals surface area contributed by atoms with Gasteiger partial charge in [0.05, 0.1) is 22.7 Å². The Morgan fingerprint density at radius 3 is 1.31 bits per heavy atom. The number of hydrogen-bond donors (Lipinski definition) is 2. The van der Waals surface area contributed by atoms with Crippen molar-refractivity contribution in [3.05, 3.63) is 0 Å². The van der Waals surface area contributed by atoms with E-state index in [1.165, 1.54) is 27.7 Å². The molecule has 0 aromatic carbocycles. The van der Waals surface area contributed by atoms with Gasteiger partial charge in [-0.05, 0) is 27.7 Å². The summed E-state index contributed by atoms with van der Waals surface area (Å²) in [6.45, 7) is 5.70. The van der Waals surface area contributed by atoms with E-state index in [4.69, 9.17) is 0 Å². The van der Waals surface area contributed by atoms with Crippen LogP contribution in [0.4, 0.5) is 0 Å². The molecule has 0 heterocycles. The van der Waals surface area contributed by atoms with E-state index in [9.17, 15) is 18.6 Å². The SMILES string of the molecule is CC(C)(O)CS(=O)(=O)CC(C)(C)O. The zero-order chi connectivity index (χ0) is 10.9. The second-order valence-electron chi connectivity index (χ2n) is 4.66. The molecule has 4 nitrogen and oxygen atoms in total. The van der Waals surface area contributed by atoms with Crippen LogP contribution in [0.3, 0.4) is 0 Å². The van der Waals surface area contributed by atoms with Crippen LogP contribution >= 0.6 is 0 Å². The lowest BCUT2D eigenvalue weighted by Gasteiger charge is -2.21. The van der Waals surface area contributed by atoms with E-state index in [1.54, 1.807) is 0 Å². The van der Waals surface area contributed by atoms with E-state index in [0.29, 0.717) is 0 Å². The Bertz CT molecular complexity index is 231. The van der Waals surface area contributed by atoms with Crippen molar-refractivity contribution < 1.29 is 18.6 Å². The second kappa shape index (κ2) is 3.55. The Morgan fingerprint density at radius 2 is 1.15 bits per heavy atom. The second-order valence-corrected chi connectivity index (χ2v) is 6.72. The maximum atomic E-state index is 11.3. The molecule has 0 bridgehead atoms. The fraction of sp³-hybridized carbons (Fsp3) is 1.00. The molecule has 13 heavy (non-hydrogen) atoms. The van der Waals surface area contributed by atoms with Gasteiger partial charge in [0.25, 0.3) is 0 Å². The number of sulfone groups is 1.